The average Bonchev–Trinajstić information content (AvgIpc) is 2.46. The molecule has 20 heavy (non-hydrogen) atoms. The molecule has 100 valence electrons. The first kappa shape index (κ1) is 14.0. The number of carbonyl (C=O) groups is 1. The lowest BCUT2D eigenvalue weighted by atomic mass is 10.2. The van der Waals surface area contributed by atoms with Crippen molar-refractivity contribution in [2.45, 2.75) is 6.61 Å². The van der Waals surface area contributed by atoms with Crippen molar-refractivity contribution in [1.82, 2.24) is 4.98 Å². The van der Waals surface area contributed by atoms with Gasteiger partial charge in [-0.05, 0) is 40.2 Å². The van der Waals surface area contributed by atoms with E-state index in [9.17, 15) is 4.79 Å². The number of aromatic carboxylic acids is 1. The molecule has 0 aliphatic heterocycles. The molecule has 0 radical (unpaired) electrons. The molecule has 0 fully saturated rings. The Balaban J connectivity index is 2.18. The maximum absolute atomic E-state index is 11.0. The summed E-state index contributed by atoms with van der Waals surface area (Å²) < 4.78 is 5.99. The minimum atomic E-state index is -1.04. The Hall–Kier alpha value is -2.39. The summed E-state index contributed by atoms with van der Waals surface area (Å²) in [5, 5.41) is 17.9. The summed E-state index contributed by atoms with van der Waals surface area (Å²) in [5.41, 5.74) is 1.06. The second kappa shape index (κ2) is 6.17. The van der Waals surface area contributed by atoms with E-state index in [1.807, 2.05) is 6.07 Å². The van der Waals surface area contributed by atoms with Crippen molar-refractivity contribution < 1.29 is 14.6 Å². The Morgan fingerprint density at radius 3 is 2.95 bits per heavy atom. The molecule has 0 saturated carbocycles. The number of nitrogens with zero attached hydrogens (tertiary/aromatic N) is 2. The van der Waals surface area contributed by atoms with E-state index in [4.69, 9.17) is 15.1 Å². The molecule has 1 aromatic heterocycles. The number of rotatable bonds is 4. The maximum atomic E-state index is 11.0. The zero-order valence-electron chi connectivity index (χ0n) is 10.2. The van der Waals surface area contributed by atoms with Crippen LogP contribution in [0.4, 0.5) is 0 Å². The van der Waals surface area contributed by atoms with Crippen LogP contribution in [0.5, 0.6) is 5.75 Å². The van der Waals surface area contributed by atoms with Crippen LogP contribution >= 0.6 is 15.9 Å². The molecular weight excluding hydrogens is 324 g/mol. The van der Waals surface area contributed by atoms with E-state index in [-0.39, 0.29) is 12.2 Å². The summed E-state index contributed by atoms with van der Waals surface area (Å²) in [4.78, 5) is 14.9. The normalized spacial score (nSPS) is 9.80. The third-order valence-electron chi connectivity index (χ3n) is 2.56. The van der Waals surface area contributed by atoms with E-state index in [1.165, 1.54) is 12.3 Å². The summed E-state index contributed by atoms with van der Waals surface area (Å²) in [6.45, 7) is 0.150. The Morgan fingerprint density at radius 1 is 1.45 bits per heavy atom. The Kier molecular flexibility index (Phi) is 4.33. The van der Waals surface area contributed by atoms with Crippen molar-refractivity contribution in [3.8, 4) is 11.8 Å². The van der Waals surface area contributed by atoms with Gasteiger partial charge in [0.25, 0.3) is 0 Å². The quantitative estimate of drug-likeness (QED) is 0.930. The van der Waals surface area contributed by atoms with Gasteiger partial charge in [-0.1, -0.05) is 6.07 Å². The highest BCUT2D eigenvalue weighted by atomic mass is 79.9. The fourth-order valence-corrected chi connectivity index (χ4v) is 1.99. The molecule has 0 unspecified atom stereocenters. The lowest BCUT2D eigenvalue weighted by molar-refractivity contribution is 0.0695. The molecule has 1 aromatic carbocycles. The summed E-state index contributed by atoms with van der Waals surface area (Å²) >= 11 is 3.16. The minimum Gasteiger partial charge on any atom is -0.489 e. The molecule has 0 amide bonds. The summed E-state index contributed by atoms with van der Waals surface area (Å²) in [5.74, 6) is -0.625. The summed E-state index contributed by atoms with van der Waals surface area (Å²) in [6.07, 6.45) is 1.53. The Morgan fingerprint density at radius 2 is 2.25 bits per heavy atom. The number of nitriles is 1. The van der Waals surface area contributed by atoms with Crippen molar-refractivity contribution >= 4 is 21.9 Å². The molecule has 2 aromatic rings. The Bertz CT molecular complexity index is 695. The maximum Gasteiger partial charge on any atom is 0.336 e. The molecule has 0 saturated heterocycles. The van der Waals surface area contributed by atoms with Gasteiger partial charge in [0.15, 0.2) is 0 Å². The molecule has 6 heteroatoms. The van der Waals surface area contributed by atoms with Gasteiger partial charge in [0.1, 0.15) is 24.1 Å². The van der Waals surface area contributed by atoms with Crippen LogP contribution < -0.4 is 4.74 Å². The van der Waals surface area contributed by atoms with Gasteiger partial charge in [-0.3, -0.25) is 0 Å². The van der Waals surface area contributed by atoms with Crippen LogP contribution in [0.1, 0.15) is 21.6 Å². The SMILES string of the molecule is N#Cc1ncccc1COc1ccc(Br)c(C(=O)O)c1. The van der Waals surface area contributed by atoms with Gasteiger partial charge in [0.2, 0.25) is 0 Å². The third kappa shape index (κ3) is 3.13. The smallest absolute Gasteiger partial charge is 0.336 e. The number of pyridine rings is 1. The van der Waals surface area contributed by atoms with Crippen LogP contribution in [0.2, 0.25) is 0 Å². The van der Waals surface area contributed by atoms with E-state index in [1.54, 1.807) is 24.3 Å². The number of hydrogen-bond donors (Lipinski definition) is 1. The van der Waals surface area contributed by atoms with Crippen LogP contribution in [0.3, 0.4) is 0 Å². The van der Waals surface area contributed by atoms with Gasteiger partial charge in [-0.25, -0.2) is 9.78 Å². The highest BCUT2D eigenvalue weighted by Gasteiger charge is 2.10. The Labute approximate surface area is 123 Å². The van der Waals surface area contributed by atoms with Crippen molar-refractivity contribution in [2.24, 2.45) is 0 Å². The predicted octanol–water partition coefficient (Wildman–Crippen LogP) is 2.99. The molecule has 5 nitrogen and oxygen atoms in total. The van der Waals surface area contributed by atoms with Gasteiger partial charge >= 0.3 is 5.97 Å². The predicted molar refractivity (Wildman–Crippen MR) is 74.4 cm³/mol. The number of hydrogen-bond acceptors (Lipinski definition) is 4. The topological polar surface area (TPSA) is 83.2 Å². The number of aromatic nitrogens is 1. The molecule has 0 spiro atoms. The van der Waals surface area contributed by atoms with Crippen molar-refractivity contribution in [1.29, 1.82) is 5.26 Å². The van der Waals surface area contributed by atoms with E-state index in [2.05, 4.69) is 20.9 Å². The van der Waals surface area contributed by atoms with E-state index < -0.39 is 5.97 Å². The van der Waals surface area contributed by atoms with E-state index in [0.29, 0.717) is 21.5 Å². The first-order valence-corrected chi connectivity index (χ1v) is 6.40. The van der Waals surface area contributed by atoms with E-state index >= 15 is 0 Å². The molecule has 2 rings (SSSR count). The van der Waals surface area contributed by atoms with Crippen molar-refractivity contribution in [3.63, 3.8) is 0 Å². The van der Waals surface area contributed by atoms with Gasteiger partial charge in [0.05, 0.1) is 5.56 Å². The lowest BCUT2D eigenvalue weighted by Crippen LogP contribution is -2.02. The van der Waals surface area contributed by atoms with Gasteiger partial charge < -0.3 is 9.84 Å². The molecule has 1 heterocycles. The monoisotopic (exact) mass is 332 g/mol. The highest BCUT2D eigenvalue weighted by molar-refractivity contribution is 9.10. The van der Waals surface area contributed by atoms with Crippen molar-refractivity contribution in [3.05, 3.63) is 57.8 Å². The van der Waals surface area contributed by atoms with Crippen LogP contribution in [0.15, 0.2) is 41.0 Å². The summed E-state index contributed by atoms with van der Waals surface area (Å²) in [6, 6.07) is 10.1. The van der Waals surface area contributed by atoms with Crippen LogP contribution in [-0.2, 0) is 6.61 Å². The van der Waals surface area contributed by atoms with Crippen LogP contribution in [-0.4, -0.2) is 16.1 Å². The number of benzene rings is 1. The number of ether oxygens (including phenoxy) is 1. The second-order valence-electron chi connectivity index (χ2n) is 3.86. The second-order valence-corrected chi connectivity index (χ2v) is 4.71. The average molecular weight is 333 g/mol. The molecule has 1 N–H and O–H groups in total. The first-order chi connectivity index (χ1) is 9.61. The highest BCUT2D eigenvalue weighted by Crippen LogP contribution is 2.23. The van der Waals surface area contributed by atoms with E-state index in [0.717, 1.165) is 0 Å². The summed E-state index contributed by atoms with van der Waals surface area (Å²) in [7, 11) is 0. The molecular formula is C14H9BrN2O3. The fraction of sp³-hybridized carbons (Fsp3) is 0.0714. The zero-order valence-corrected chi connectivity index (χ0v) is 11.8. The molecule has 0 aliphatic rings. The van der Waals surface area contributed by atoms with Gasteiger partial charge in [0, 0.05) is 16.2 Å². The third-order valence-corrected chi connectivity index (χ3v) is 3.25. The molecule has 0 bridgehead atoms. The van der Waals surface area contributed by atoms with Crippen molar-refractivity contribution in [2.75, 3.05) is 0 Å². The zero-order chi connectivity index (χ0) is 14.5. The van der Waals surface area contributed by atoms with Crippen LogP contribution in [0.25, 0.3) is 0 Å². The number of carboxylic acid groups (broad SMARTS) is 1. The molecule has 0 atom stereocenters. The standard InChI is InChI=1S/C14H9BrN2O3/c15-12-4-3-10(6-11(12)14(18)19)20-8-9-2-1-5-17-13(9)7-16/h1-6H,8H2,(H,18,19). The lowest BCUT2D eigenvalue weighted by Gasteiger charge is -2.08. The largest absolute Gasteiger partial charge is 0.489 e. The number of halogens is 1. The van der Waals surface area contributed by atoms with Gasteiger partial charge in [-0.2, -0.15) is 5.26 Å². The molecule has 0 aliphatic carbocycles. The van der Waals surface area contributed by atoms with Gasteiger partial charge in [-0.15, -0.1) is 0 Å². The number of carboxylic acids is 1. The van der Waals surface area contributed by atoms with Crippen LogP contribution in [0, 0.1) is 11.3 Å². The minimum absolute atomic E-state index is 0.120. The first-order valence-electron chi connectivity index (χ1n) is 5.61. The fourth-order valence-electron chi connectivity index (χ4n) is 1.57.